The monoisotopic (exact) mass is 104 g/mol. The molecule has 2 atom stereocenters. The molecule has 5 N–H and O–H groups in total. The van der Waals surface area contributed by atoms with E-state index in [1.54, 1.807) is 0 Å². The molecule has 7 heavy (non-hydrogen) atoms. The van der Waals surface area contributed by atoms with Gasteiger partial charge in [0.1, 0.15) is 6.23 Å². The minimum atomic E-state index is -0.856. The first kappa shape index (κ1) is 6.88. The van der Waals surface area contributed by atoms with Crippen LogP contribution < -0.4 is 11.5 Å². The second-order valence-corrected chi connectivity index (χ2v) is 1.56. The summed E-state index contributed by atoms with van der Waals surface area (Å²) in [6.07, 6.45) is -0.137. The van der Waals surface area contributed by atoms with Crippen molar-refractivity contribution in [2.45, 2.75) is 25.6 Å². The van der Waals surface area contributed by atoms with Gasteiger partial charge in [0.2, 0.25) is 0 Å². The highest BCUT2D eigenvalue weighted by atomic mass is 16.3. The lowest BCUT2D eigenvalue weighted by atomic mass is 10.2. The summed E-state index contributed by atoms with van der Waals surface area (Å²) in [5.74, 6) is 0. The third-order valence-corrected chi connectivity index (χ3v) is 0.910. The Hall–Kier alpha value is -0.120. The zero-order chi connectivity index (χ0) is 5.86. The lowest BCUT2D eigenvalue weighted by molar-refractivity contribution is 0.149. The number of aliphatic hydroxyl groups excluding tert-OH is 1. The van der Waals surface area contributed by atoms with Crippen LogP contribution in [-0.4, -0.2) is 17.4 Å². The van der Waals surface area contributed by atoms with Crippen molar-refractivity contribution in [1.82, 2.24) is 0 Å². The van der Waals surface area contributed by atoms with Crippen LogP contribution in [0.3, 0.4) is 0 Å². The highest BCUT2D eigenvalue weighted by molar-refractivity contribution is 4.61. The maximum atomic E-state index is 8.47. The standard InChI is InChI=1S/C4H12N2O/c1-2-3(5)4(6)7/h3-4,7H,2,5-6H2,1H3. The van der Waals surface area contributed by atoms with Crippen molar-refractivity contribution in [3.63, 3.8) is 0 Å². The molecule has 3 nitrogen and oxygen atoms in total. The first-order valence-corrected chi connectivity index (χ1v) is 2.37. The van der Waals surface area contributed by atoms with Crippen LogP contribution in [0.5, 0.6) is 0 Å². The Morgan fingerprint density at radius 2 is 2.00 bits per heavy atom. The van der Waals surface area contributed by atoms with Crippen molar-refractivity contribution in [2.75, 3.05) is 0 Å². The lowest BCUT2D eigenvalue weighted by Gasteiger charge is -2.09. The number of aliphatic hydroxyl groups is 1. The van der Waals surface area contributed by atoms with Gasteiger partial charge >= 0.3 is 0 Å². The third-order valence-electron chi connectivity index (χ3n) is 0.910. The summed E-state index contributed by atoms with van der Waals surface area (Å²) in [7, 11) is 0. The van der Waals surface area contributed by atoms with Gasteiger partial charge in [0.15, 0.2) is 0 Å². The minimum Gasteiger partial charge on any atom is -0.377 e. The maximum Gasteiger partial charge on any atom is 0.117 e. The van der Waals surface area contributed by atoms with Gasteiger partial charge in [-0.25, -0.2) is 0 Å². The zero-order valence-corrected chi connectivity index (χ0v) is 4.46. The van der Waals surface area contributed by atoms with Gasteiger partial charge in [0.05, 0.1) is 0 Å². The van der Waals surface area contributed by atoms with Gasteiger partial charge in [-0.2, -0.15) is 0 Å². The number of hydrogen-bond donors (Lipinski definition) is 3. The Morgan fingerprint density at radius 1 is 1.57 bits per heavy atom. The molecule has 44 valence electrons. The Balaban J connectivity index is 3.14. The van der Waals surface area contributed by atoms with Crippen LogP contribution in [0.25, 0.3) is 0 Å². The molecular formula is C4H12N2O. The van der Waals surface area contributed by atoms with E-state index >= 15 is 0 Å². The summed E-state index contributed by atoms with van der Waals surface area (Å²) >= 11 is 0. The third kappa shape index (κ3) is 2.56. The first-order chi connectivity index (χ1) is 3.18. The quantitative estimate of drug-likeness (QED) is 0.393. The van der Waals surface area contributed by atoms with Crippen LogP contribution in [0.4, 0.5) is 0 Å². The molecule has 0 heterocycles. The number of nitrogens with two attached hydrogens (primary N) is 2. The molecule has 0 aromatic carbocycles. The zero-order valence-electron chi connectivity index (χ0n) is 4.46. The van der Waals surface area contributed by atoms with Gasteiger partial charge in [-0.3, -0.25) is 0 Å². The van der Waals surface area contributed by atoms with Gasteiger partial charge in [-0.15, -0.1) is 0 Å². The summed E-state index contributed by atoms with van der Waals surface area (Å²) in [6, 6.07) is -0.264. The molecule has 0 aromatic heterocycles. The van der Waals surface area contributed by atoms with E-state index < -0.39 is 6.23 Å². The van der Waals surface area contributed by atoms with Gasteiger partial charge in [-0.05, 0) is 6.42 Å². The van der Waals surface area contributed by atoms with Crippen molar-refractivity contribution in [3.8, 4) is 0 Å². The molecule has 0 saturated carbocycles. The highest BCUT2D eigenvalue weighted by Crippen LogP contribution is 1.85. The van der Waals surface area contributed by atoms with E-state index in [9.17, 15) is 0 Å². The molecule has 0 aromatic rings. The predicted octanol–water partition coefficient (Wildman–Crippen LogP) is -0.999. The highest BCUT2D eigenvalue weighted by Gasteiger charge is 2.03. The second-order valence-electron chi connectivity index (χ2n) is 1.56. The van der Waals surface area contributed by atoms with Crippen LogP contribution in [0, 0.1) is 0 Å². The van der Waals surface area contributed by atoms with Crippen molar-refractivity contribution in [1.29, 1.82) is 0 Å². The second kappa shape index (κ2) is 2.96. The Morgan fingerprint density at radius 3 is 2.00 bits per heavy atom. The molecule has 0 aliphatic carbocycles. The van der Waals surface area contributed by atoms with Crippen LogP contribution in [0.2, 0.25) is 0 Å². The van der Waals surface area contributed by atoms with E-state index in [4.69, 9.17) is 16.6 Å². The van der Waals surface area contributed by atoms with Crippen molar-refractivity contribution >= 4 is 0 Å². The summed E-state index contributed by atoms with van der Waals surface area (Å²) in [5, 5.41) is 8.47. The molecule has 0 aliphatic heterocycles. The van der Waals surface area contributed by atoms with E-state index in [1.165, 1.54) is 0 Å². The molecule has 0 saturated heterocycles. The average molecular weight is 104 g/mol. The predicted molar refractivity (Wildman–Crippen MR) is 28.5 cm³/mol. The number of rotatable bonds is 2. The fourth-order valence-electron chi connectivity index (χ4n) is 0.241. The molecule has 0 amide bonds. The largest absolute Gasteiger partial charge is 0.377 e. The van der Waals surface area contributed by atoms with Gasteiger partial charge in [0, 0.05) is 6.04 Å². The molecule has 2 unspecified atom stereocenters. The smallest absolute Gasteiger partial charge is 0.117 e. The van der Waals surface area contributed by atoms with Gasteiger partial charge in [-0.1, -0.05) is 6.92 Å². The Kier molecular flexibility index (Phi) is 2.91. The van der Waals surface area contributed by atoms with E-state index in [2.05, 4.69) is 0 Å². The molecule has 0 fully saturated rings. The summed E-state index contributed by atoms with van der Waals surface area (Å²) in [4.78, 5) is 0. The van der Waals surface area contributed by atoms with E-state index in [0.717, 1.165) is 6.42 Å². The molecule has 0 aliphatic rings. The summed E-state index contributed by atoms with van der Waals surface area (Å²) in [5.41, 5.74) is 10.2. The Labute approximate surface area is 43.3 Å². The van der Waals surface area contributed by atoms with Crippen molar-refractivity contribution in [3.05, 3.63) is 0 Å². The fraction of sp³-hybridized carbons (Fsp3) is 1.00. The van der Waals surface area contributed by atoms with Crippen LogP contribution in [0.1, 0.15) is 13.3 Å². The fourth-order valence-corrected chi connectivity index (χ4v) is 0.241. The van der Waals surface area contributed by atoms with Crippen LogP contribution >= 0.6 is 0 Å². The molecular weight excluding hydrogens is 92.1 g/mol. The van der Waals surface area contributed by atoms with Crippen molar-refractivity contribution < 1.29 is 5.11 Å². The Bertz CT molecular complexity index is 47.0. The molecule has 0 rings (SSSR count). The lowest BCUT2D eigenvalue weighted by Crippen LogP contribution is -2.40. The van der Waals surface area contributed by atoms with E-state index in [-0.39, 0.29) is 6.04 Å². The molecule has 3 heteroatoms. The topological polar surface area (TPSA) is 72.3 Å². The molecule has 0 spiro atoms. The summed E-state index contributed by atoms with van der Waals surface area (Å²) in [6.45, 7) is 1.88. The average Bonchev–Trinajstić information content (AvgIpc) is 1.65. The normalized spacial score (nSPS) is 18.9. The van der Waals surface area contributed by atoms with Gasteiger partial charge in [0.25, 0.3) is 0 Å². The molecule has 0 bridgehead atoms. The number of hydrogen-bond acceptors (Lipinski definition) is 3. The van der Waals surface area contributed by atoms with Crippen LogP contribution in [0.15, 0.2) is 0 Å². The first-order valence-electron chi connectivity index (χ1n) is 2.37. The van der Waals surface area contributed by atoms with E-state index in [1.807, 2.05) is 6.92 Å². The maximum absolute atomic E-state index is 8.47. The van der Waals surface area contributed by atoms with Gasteiger partial charge < -0.3 is 16.6 Å². The van der Waals surface area contributed by atoms with E-state index in [0.29, 0.717) is 0 Å². The molecule has 0 radical (unpaired) electrons. The SMILES string of the molecule is CCC(N)C(N)O. The summed E-state index contributed by atoms with van der Waals surface area (Å²) < 4.78 is 0. The van der Waals surface area contributed by atoms with Crippen LogP contribution in [-0.2, 0) is 0 Å². The van der Waals surface area contributed by atoms with Crippen molar-refractivity contribution in [2.24, 2.45) is 11.5 Å². The minimum absolute atomic E-state index is 0.264.